The van der Waals surface area contributed by atoms with Crippen molar-refractivity contribution in [1.82, 2.24) is 0 Å². The molecule has 4 N–H and O–H groups in total. The molecule has 1 rings (SSSR count). The van der Waals surface area contributed by atoms with Crippen LogP contribution in [0.5, 0.6) is 0 Å². The first-order valence-corrected chi connectivity index (χ1v) is 6.87. The number of hydrogen-bond donors (Lipinski definition) is 3. The molecule has 0 heterocycles. The summed E-state index contributed by atoms with van der Waals surface area (Å²) in [7, 11) is 0. The van der Waals surface area contributed by atoms with Crippen LogP contribution in [0.2, 0.25) is 0 Å². The molecule has 2 amide bonds. The van der Waals surface area contributed by atoms with Gasteiger partial charge in [0.1, 0.15) is 0 Å². The highest BCUT2D eigenvalue weighted by Gasteiger charge is 2.16. The molecule has 0 aliphatic heterocycles. The Morgan fingerprint density at radius 3 is 2.55 bits per heavy atom. The van der Waals surface area contributed by atoms with E-state index >= 15 is 0 Å². The molecular formula is C15H23N3O2. The van der Waals surface area contributed by atoms with Gasteiger partial charge in [0.25, 0.3) is 0 Å². The Bertz CT molecular complexity index is 486. The second-order valence-corrected chi connectivity index (χ2v) is 4.92. The normalized spacial score (nSPS) is 11.8. The van der Waals surface area contributed by atoms with E-state index < -0.39 is 0 Å². The molecule has 0 fully saturated rings. The Kier molecular flexibility index (Phi) is 6.18. The summed E-state index contributed by atoms with van der Waals surface area (Å²) >= 11 is 0. The molecule has 5 nitrogen and oxygen atoms in total. The molecule has 0 aliphatic rings. The quantitative estimate of drug-likeness (QED) is 0.745. The Hall–Kier alpha value is -1.88. The molecule has 0 saturated heterocycles. The molecule has 1 aromatic carbocycles. The largest absolute Gasteiger partial charge is 0.330 e. The molecule has 1 unspecified atom stereocenters. The maximum absolute atomic E-state index is 12.1. The molecule has 5 heteroatoms. The van der Waals surface area contributed by atoms with Gasteiger partial charge in [-0.25, -0.2) is 0 Å². The van der Waals surface area contributed by atoms with E-state index in [9.17, 15) is 9.59 Å². The number of nitrogens with one attached hydrogen (secondary N) is 2. The van der Waals surface area contributed by atoms with Gasteiger partial charge in [0.05, 0.1) is 5.92 Å². The maximum atomic E-state index is 12.1. The smallest absolute Gasteiger partial charge is 0.228 e. The zero-order valence-corrected chi connectivity index (χ0v) is 12.3. The second-order valence-electron chi connectivity index (χ2n) is 4.92. The SMILES string of the molecule is CCCC(CN)C(=O)Nc1ccc(C)c(NC(C)=O)c1. The highest BCUT2D eigenvalue weighted by atomic mass is 16.2. The van der Waals surface area contributed by atoms with Crippen LogP contribution < -0.4 is 16.4 Å². The third-order valence-corrected chi connectivity index (χ3v) is 3.11. The minimum atomic E-state index is -0.175. The Labute approximate surface area is 119 Å². The molecule has 0 saturated carbocycles. The number of aryl methyl sites for hydroxylation is 1. The van der Waals surface area contributed by atoms with Crippen LogP contribution in [-0.4, -0.2) is 18.4 Å². The van der Waals surface area contributed by atoms with Gasteiger partial charge in [-0.3, -0.25) is 9.59 Å². The van der Waals surface area contributed by atoms with Crippen molar-refractivity contribution < 1.29 is 9.59 Å². The zero-order chi connectivity index (χ0) is 15.1. The summed E-state index contributed by atoms with van der Waals surface area (Å²) in [5.74, 6) is -0.389. The van der Waals surface area contributed by atoms with Crippen LogP contribution in [0.15, 0.2) is 18.2 Å². The van der Waals surface area contributed by atoms with Crippen LogP contribution in [0.4, 0.5) is 11.4 Å². The van der Waals surface area contributed by atoms with Gasteiger partial charge >= 0.3 is 0 Å². The third-order valence-electron chi connectivity index (χ3n) is 3.11. The van der Waals surface area contributed by atoms with Crippen LogP contribution >= 0.6 is 0 Å². The fourth-order valence-corrected chi connectivity index (χ4v) is 1.97. The van der Waals surface area contributed by atoms with Gasteiger partial charge in [0.2, 0.25) is 11.8 Å². The lowest BCUT2D eigenvalue weighted by Gasteiger charge is -2.15. The second kappa shape index (κ2) is 7.65. The summed E-state index contributed by atoms with van der Waals surface area (Å²) in [4.78, 5) is 23.2. The van der Waals surface area contributed by atoms with Gasteiger partial charge in [0.15, 0.2) is 0 Å². The number of nitrogens with two attached hydrogens (primary N) is 1. The van der Waals surface area contributed by atoms with Gasteiger partial charge in [-0.15, -0.1) is 0 Å². The summed E-state index contributed by atoms with van der Waals surface area (Å²) in [6.07, 6.45) is 1.69. The van der Waals surface area contributed by atoms with Crippen LogP contribution in [0, 0.1) is 12.8 Å². The van der Waals surface area contributed by atoms with Crippen LogP contribution in [0.25, 0.3) is 0 Å². The van der Waals surface area contributed by atoms with Gasteiger partial charge in [-0.1, -0.05) is 19.4 Å². The third kappa shape index (κ3) is 4.66. The molecule has 0 bridgehead atoms. The van der Waals surface area contributed by atoms with E-state index in [1.165, 1.54) is 6.92 Å². The first-order chi connectivity index (χ1) is 9.47. The molecule has 110 valence electrons. The molecular weight excluding hydrogens is 254 g/mol. The lowest BCUT2D eigenvalue weighted by Crippen LogP contribution is -2.29. The van der Waals surface area contributed by atoms with E-state index in [-0.39, 0.29) is 17.7 Å². The van der Waals surface area contributed by atoms with Crippen molar-refractivity contribution in [3.05, 3.63) is 23.8 Å². The lowest BCUT2D eigenvalue weighted by molar-refractivity contribution is -0.119. The summed E-state index contributed by atoms with van der Waals surface area (Å²) in [5, 5.41) is 5.59. The van der Waals surface area contributed by atoms with Crippen molar-refractivity contribution >= 4 is 23.2 Å². The predicted octanol–water partition coefficient (Wildman–Crippen LogP) is 2.27. The van der Waals surface area contributed by atoms with Crippen molar-refractivity contribution in [2.75, 3.05) is 17.2 Å². The average Bonchev–Trinajstić information content (AvgIpc) is 2.39. The lowest BCUT2D eigenvalue weighted by atomic mass is 10.0. The molecule has 1 atom stereocenters. The monoisotopic (exact) mass is 277 g/mol. The van der Waals surface area contributed by atoms with E-state index in [1.807, 2.05) is 26.0 Å². The number of anilines is 2. The first kappa shape index (κ1) is 16.2. The molecule has 0 aliphatic carbocycles. The van der Waals surface area contributed by atoms with E-state index in [2.05, 4.69) is 10.6 Å². The van der Waals surface area contributed by atoms with Crippen molar-refractivity contribution in [3.63, 3.8) is 0 Å². The van der Waals surface area contributed by atoms with Gasteiger partial charge in [-0.05, 0) is 31.0 Å². The minimum absolute atomic E-state index is 0.0769. The molecule has 0 radical (unpaired) electrons. The predicted molar refractivity (Wildman–Crippen MR) is 81.6 cm³/mol. The number of carbonyl (C=O) groups excluding carboxylic acids is 2. The fraction of sp³-hybridized carbons (Fsp3) is 0.467. The number of carbonyl (C=O) groups is 2. The number of amides is 2. The van der Waals surface area contributed by atoms with E-state index in [0.29, 0.717) is 17.9 Å². The summed E-state index contributed by atoms with van der Waals surface area (Å²) in [5.41, 5.74) is 7.93. The van der Waals surface area contributed by atoms with E-state index in [1.54, 1.807) is 6.07 Å². The minimum Gasteiger partial charge on any atom is -0.330 e. The van der Waals surface area contributed by atoms with Crippen molar-refractivity contribution in [2.24, 2.45) is 11.7 Å². The van der Waals surface area contributed by atoms with Crippen molar-refractivity contribution in [2.45, 2.75) is 33.6 Å². The summed E-state index contributed by atoms with van der Waals surface area (Å²) in [6.45, 7) is 5.72. The number of hydrogen-bond acceptors (Lipinski definition) is 3. The van der Waals surface area contributed by atoms with E-state index in [4.69, 9.17) is 5.73 Å². The Morgan fingerprint density at radius 2 is 2.00 bits per heavy atom. The topological polar surface area (TPSA) is 84.2 Å². The Balaban J connectivity index is 2.82. The highest BCUT2D eigenvalue weighted by Crippen LogP contribution is 2.21. The van der Waals surface area contributed by atoms with Gasteiger partial charge in [-0.2, -0.15) is 0 Å². The van der Waals surface area contributed by atoms with Crippen LogP contribution in [0.3, 0.4) is 0 Å². The first-order valence-electron chi connectivity index (χ1n) is 6.87. The van der Waals surface area contributed by atoms with Crippen LogP contribution in [-0.2, 0) is 9.59 Å². The number of rotatable bonds is 6. The van der Waals surface area contributed by atoms with Crippen LogP contribution in [0.1, 0.15) is 32.3 Å². The van der Waals surface area contributed by atoms with Crippen molar-refractivity contribution in [3.8, 4) is 0 Å². The number of benzene rings is 1. The fourth-order valence-electron chi connectivity index (χ4n) is 1.97. The molecule has 1 aromatic rings. The van der Waals surface area contributed by atoms with Crippen molar-refractivity contribution in [1.29, 1.82) is 0 Å². The highest BCUT2D eigenvalue weighted by molar-refractivity contribution is 5.95. The summed E-state index contributed by atoms with van der Waals surface area (Å²) < 4.78 is 0. The average molecular weight is 277 g/mol. The van der Waals surface area contributed by atoms with Gasteiger partial charge in [0, 0.05) is 24.8 Å². The standard InChI is InChI=1S/C15H23N3O2/c1-4-5-12(9-16)15(20)18-13-7-6-10(2)14(8-13)17-11(3)19/h6-8,12H,4-5,9,16H2,1-3H3,(H,17,19)(H,18,20). The summed E-state index contributed by atoms with van der Waals surface area (Å²) in [6, 6.07) is 5.43. The molecule has 20 heavy (non-hydrogen) atoms. The maximum Gasteiger partial charge on any atom is 0.228 e. The van der Waals surface area contributed by atoms with Gasteiger partial charge < -0.3 is 16.4 Å². The molecule has 0 spiro atoms. The zero-order valence-electron chi connectivity index (χ0n) is 12.3. The van der Waals surface area contributed by atoms with E-state index in [0.717, 1.165) is 18.4 Å². The Morgan fingerprint density at radius 1 is 1.30 bits per heavy atom. The molecule has 0 aromatic heterocycles.